The number of ether oxygens (including phenoxy) is 1. The summed E-state index contributed by atoms with van der Waals surface area (Å²) in [5.74, 6) is 1.24. The first kappa shape index (κ1) is 22.2. The van der Waals surface area contributed by atoms with Crippen LogP contribution in [-0.4, -0.2) is 63.7 Å². The van der Waals surface area contributed by atoms with Crippen LogP contribution in [0.5, 0.6) is 5.75 Å². The van der Waals surface area contributed by atoms with Gasteiger partial charge in [-0.15, -0.1) is 0 Å². The molecule has 176 valence electrons. The van der Waals surface area contributed by atoms with E-state index in [0.717, 1.165) is 37.2 Å². The third-order valence-electron chi connectivity index (χ3n) is 5.74. The van der Waals surface area contributed by atoms with E-state index >= 15 is 0 Å². The lowest BCUT2D eigenvalue weighted by Gasteiger charge is -2.30. The summed E-state index contributed by atoms with van der Waals surface area (Å²) in [5.41, 5.74) is 3.05. The Morgan fingerprint density at radius 1 is 1.26 bits per heavy atom. The molecular weight excluding hydrogens is 458 g/mol. The van der Waals surface area contributed by atoms with Gasteiger partial charge in [-0.1, -0.05) is 16.8 Å². The first-order valence-electron chi connectivity index (χ1n) is 11.0. The van der Waals surface area contributed by atoms with Gasteiger partial charge in [0.1, 0.15) is 23.4 Å². The number of pyridine rings is 1. The molecule has 1 aromatic carbocycles. The number of H-pyrrole nitrogens is 1. The van der Waals surface area contributed by atoms with Crippen LogP contribution in [0.2, 0.25) is 5.02 Å². The Kier molecular flexibility index (Phi) is 6.33. The van der Waals surface area contributed by atoms with Gasteiger partial charge in [0.2, 0.25) is 0 Å². The topological polar surface area (TPSA) is 121 Å². The van der Waals surface area contributed by atoms with Crippen LogP contribution >= 0.6 is 11.6 Å². The van der Waals surface area contributed by atoms with E-state index in [2.05, 4.69) is 42.2 Å². The zero-order valence-electron chi connectivity index (χ0n) is 18.5. The Bertz CT molecular complexity index is 1270. The van der Waals surface area contributed by atoms with Crippen molar-refractivity contribution in [3.8, 4) is 17.1 Å². The number of nitrogens with zero attached hydrogens (tertiary/aromatic N) is 4. The zero-order valence-corrected chi connectivity index (χ0v) is 19.3. The smallest absolute Gasteiger partial charge is 0.263 e. The molecule has 4 heterocycles. The molecule has 1 saturated heterocycles. The van der Waals surface area contributed by atoms with Gasteiger partial charge in [-0.3, -0.25) is 4.79 Å². The van der Waals surface area contributed by atoms with E-state index in [9.17, 15) is 4.79 Å². The zero-order chi connectivity index (χ0) is 23.5. The van der Waals surface area contributed by atoms with Gasteiger partial charge >= 0.3 is 0 Å². The van der Waals surface area contributed by atoms with Crippen LogP contribution in [0, 0.1) is 0 Å². The molecule has 0 spiro atoms. The molecule has 1 aliphatic heterocycles. The van der Waals surface area contributed by atoms with E-state index in [1.807, 2.05) is 12.1 Å². The molecule has 0 bridgehead atoms. The number of fused-ring (bicyclic) bond motifs is 1. The molecule has 0 unspecified atom stereocenters. The van der Waals surface area contributed by atoms with Crippen molar-refractivity contribution in [2.75, 3.05) is 37.4 Å². The average Bonchev–Trinajstić information content (AvgIpc) is 3.51. The number of benzene rings is 1. The van der Waals surface area contributed by atoms with E-state index < -0.39 is 0 Å². The number of aromatic nitrogens is 4. The third kappa shape index (κ3) is 4.97. The number of piperidine rings is 1. The fourth-order valence-electron chi connectivity index (χ4n) is 3.88. The average molecular weight is 482 g/mol. The summed E-state index contributed by atoms with van der Waals surface area (Å²) < 4.78 is 10.2. The normalized spacial score (nSPS) is 14.9. The van der Waals surface area contributed by atoms with Gasteiger partial charge in [-0.2, -0.15) is 0 Å². The van der Waals surface area contributed by atoms with Crippen LogP contribution < -0.4 is 15.4 Å². The van der Waals surface area contributed by atoms with Crippen LogP contribution in [-0.2, 0) is 4.79 Å². The first-order chi connectivity index (χ1) is 16.5. The number of carbonyl (C=O) groups is 1. The Morgan fingerprint density at radius 2 is 2.06 bits per heavy atom. The molecule has 0 atom stereocenters. The largest absolute Gasteiger partial charge is 0.484 e. The minimum atomic E-state index is -0.331. The molecule has 3 N–H and O–H groups in total. The minimum absolute atomic E-state index is 0.148. The fourth-order valence-corrected chi connectivity index (χ4v) is 4.07. The molecule has 11 heteroatoms. The fraction of sp³-hybridized carbons (Fsp3) is 0.304. The van der Waals surface area contributed by atoms with Crippen molar-refractivity contribution in [3.05, 3.63) is 47.8 Å². The van der Waals surface area contributed by atoms with Gasteiger partial charge in [0.05, 0.1) is 16.9 Å². The number of carbonyl (C=O) groups excluding carboxylic acids is 1. The maximum absolute atomic E-state index is 11.9. The number of rotatable bonds is 7. The lowest BCUT2D eigenvalue weighted by atomic mass is 10.1. The molecule has 0 aliphatic carbocycles. The van der Waals surface area contributed by atoms with Gasteiger partial charge in [-0.05, 0) is 57.2 Å². The highest BCUT2D eigenvalue weighted by Gasteiger charge is 2.20. The molecule has 4 aromatic rings. The summed E-state index contributed by atoms with van der Waals surface area (Å²) in [5, 5.41) is 10.3. The number of halogens is 1. The second-order valence-electron chi connectivity index (χ2n) is 8.23. The summed E-state index contributed by atoms with van der Waals surface area (Å²) in [6.45, 7) is 1.95. The number of imidazole rings is 1. The number of nitrogens with one attached hydrogen (secondary N) is 3. The predicted octanol–water partition coefficient (Wildman–Crippen LogP) is 3.79. The van der Waals surface area contributed by atoms with Gasteiger partial charge in [0, 0.05) is 17.7 Å². The Hall–Kier alpha value is -3.63. The van der Waals surface area contributed by atoms with Crippen molar-refractivity contribution in [1.82, 2.24) is 25.0 Å². The van der Waals surface area contributed by atoms with Crippen LogP contribution in [0.25, 0.3) is 22.6 Å². The van der Waals surface area contributed by atoms with Crippen molar-refractivity contribution in [2.24, 2.45) is 0 Å². The van der Waals surface area contributed by atoms with Crippen LogP contribution in [0.15, 0.2) is 47.3 Å². The molecule has 10 nitrogen and oxygen atoms in total. The highest BCUT2D eigenvalue weighted by molar-refractivity contribution is 6.34. The van der Waals surface area contributed by atoms with Crippen molar-refractivity contribution < 1.29 is 14.1 Å². The van der Waals surface area contributed by atoms with Crippen molar-refractivity contribution in [1.29, 1.82) is 0 Å². The monoisotopic (exact) mass is 481 g/mol. The molecule has 5 rings (SSSR count). The van der Waals surface area contributed by atoms with Crippen LogP contribution in [0.1, 0.15) is 12.8 Å². The van der Waals surface area contributed by atoms with E-state index in [4.69, 9.17) is 21.3 Å². The lowest BCUT2D eigenvalue weighted by molar-refractivity contribution is -0.118. The quantitative estimate of drug-likeness (QED) is 0.364. The van der Waals surface area contributed by atoms with E-state index in [1.165, 1.54) is 6.26 Å². The van der Waals surface area contributed by atoms with E-state index in [-0.39, 0.29) is 12.5 Å². The van der Waals surface area contributed by atoms with Gasteiger partial charge < -0.3 is 29.8 Å². The summed E-state index contributed by atoms with van der Waals surface area (Å²) in [4.78, 5) is 26.7. The standard InChI is InChI=1S/C23H24ClN7O3/c1-31-9-6-15(7-10-31)26-20-17(24)12-25-23-21(20)28-22(29-23)14-2-4-16(5-3-14)33-13-19(32)27-18-8-11-34-30-18/h2-5,8,11-12,15H,6-7,9-10,13H2,1H3,(H,27,30,32)(H2,25,26,28,29). The molecule has 1 amide bonds. The number of amides is 1. The third-order valence-corrected chi connectivity index (χ3v) is 6.02. The van der Waals surface area contributed by atoms with Gasteiger partial charge in [0.15, 0.2) is 18.1 Å². The highest BCUT2D eigenvalue weighted by Crippen LogP contribution is 2.32. The molecule has 0 radical (unpaired) electrons. The number of hydrogen-bond acceptors (Lipinski definition) is 8. The number of anilines is 2. The Balaban J connectivity index is 1.28. The molecule has 3 aromatic heterocycles. The lowest BCUT2D eigenvalue weighted by Crippen LogP contribution is -2.36. The maximum Gasteiger partial charge on any atom is 0.263 e. The maximum atomic E-state index is 11.9. The predicted molar refractivity (Wildman–Crippen MR) is 129 cm³/mol. The molecule has 1 aliphatic rings. The molecule has 0 saturated carbocycles. The summed E-state index contributed by atoms with van der Waals surface area (Å²) in [6.07, 6.45) is 5.12. The van der Waals surface area contributed by atoms with Crippen molar-refractivity contribution in [2.45, 2.75) is 18.9 Å². The SMILES string of the molecule is CN1CCC(Nc2c(Cl)cnc3[nH]c(-c4ccc(OCC(=O)Nc5ccon5)cc4)nc23)CC1. The van der Waals surface area contributed by atoms with Gasteiger partial charge in [-0.25, -0.2) is 9.97 Å². The molecular formula is C23H24ClN7O3. The molecule has 1 fully saturated rings. The van der Waals surface area contributed by atoms with Crippen molar-refractivity contribution >= 4 is 40.2 Å². The Labute approximate surface area is 200 Å². The summed E-state index contributed by atoms with van der Waals surface area (Å²) in [7, 11) is 2.14. The number of aromatic amines is 1. The van der Waals surface area contributed by atoms with Crippen LogP contribution in [0.4, 0.5) is 11.5 Å². The highest BCUT2D eigenvalue weighted by atomic mass is 35.5. The van der Waals surface area contributed by atoms with Crippen molar-refractivity contribution in [3.63, 3.8) is 0 Å². The first-order valence-corrected chi connectivity index (χ1v) is 11.4. The molecule has 34 heavy (non-hydrogen) atoms. The van der Waals surface area contributed by atoms with E-state index in [1.54, 1.807) is 24.4 Å². The number of hydrogen-bond donors (Lipinski definition) is 3. The number of likely N-dealkylation sites (tertiary alicyclic amines) is 1. The minimum Gasteiger partial charge on any atom is -0.484 e. The van der Waals surface area contributed by atoms with E-state index in [0.29, 0.717) is 39.6 Å². The second kappa shape index (κ2) is 9.70. The Morgan fingerprint density at radius 3 is 2.79 bits per heavy atom. The summed E-state index contributed by atoms with van der Waals surface area (Å²) in [6, 6.07) is 9.20. The van der Waals surface area contributed by atoms with Crippen LogP contribution in [0.3, 0.4) is 0 Å². The summed E-state index contributed by atoms with van der Waals surface area (Å²) >= 11 is 6.48. The second-order valence-corrected chi connectivity index (χ2v) is 8.64. The van der Waals surface area contributed by atoms with Gasteiger partial charge in [0.25, 0.3) is 5.91 Å².